The number of nitrogens with zero attached hydrogens (tertiary/aromatic N) is 1. The zero-order valence-corrected chi connectivity index (χ0v) is 11.6. The van der Waals surface area contributed by atoms with Crippen molar-refractivity contribution in [3.63, 3.8) is 0 Å². The van der Waals surface area contributed by atoms with E-state index >= 15 is 0 Å². The first kappa shape index (κ1) is 14.6. The van der Waals surface area contributed by atoms with E-state index in [1.165, 1.54) is 0 Å². The topological polar surface area (TPSA) is 49.4 Å². The summed E-state index contributed by atoms with van der Waals surface area (Å²) in [5, 5.41) is 2.80. The van der Waals surface area contributed by atoms with E-state index in [1.807, 2.05) is 27.7 Å². The van der Waals surface area contributed by atoms with Crippen LogP contribution in [0, 0.1) is 17.8 Å². The van der Waals surface area contributed by atoms with Gasteiger partial charge in [0.05, 0.1) is 6.04 Å². The molecule has 1 saturated heterocycles. The van der Waals surface area contributed by atoms with Gasteiger partial charge in [0.25, 0.3) is 0 Å². The summed E-state index contributed by atoms with van der Waals surface area (Å²) in [6.45, 7) is 8.17. The Kier molecular flexibility index (Phi) is 4.39. The van der Waals surface area contributed by atoms with Gasteiger partial charge >= 0.3 is 0 Å². The number of carbonyl (C=O) groups excluding carboxylic acids is 2. The second-order valence-electron chi connectivity index (χ2n) is 5.74. The summed E-state index contributed by atoms with van der Waals surface area (Å²) in [5.74, 6) is 2.48. The smallest absolute Gasteiger partial charge is 0.246 e. The van der Waals surface area contributed by atoms with Crippen LogP contribution in [0.1, 0.15) is 40.5 Å². The summed E-state index contributed by atoms with van der Waals surface area (Å²) in [4.78, 5) is 25.9. The molecule has 18 heavy (non-hydrogen) atoms. The molecule has 1 N–H and O–H groups in total. The maximum Gasteiger partial charge on any atom is 0.246 e. The molecule has 100 valence electrons. The normalized spacial score (nSPS) is 23.1. The van der Waals surface area contributed by atoms with Gasteiger partial charge in [0.1, 0.15) is 6.04 Å². The molecule has 4 heteroatoms. The molecule has 2 amide bonds. The molecule has 0 radical (unpaired) electrons. The van der Waals surface area contributed by atoms with Crippen LogP contribution in [-0.4, -0.2) is 35.3 Å². The van der Waals surface area contributed by atoms with E-state index < -0.39 is 6.04 Å². The maximum absolute atomic E-state index is 12.5. The van der Waals surface area contributed by atoms with Crippen LogP contribution in [-0.2, 0) is 9.59 Å². The minimum absolute atomic E-state index is 0.0712. The van der Waals surface area contributed by atoms with Crippen molar-refractivity contribution < 1.29 is 9.59 Å². The highest BCUT2D eigenvalue weighted by molar-refractivity contribution is 5.90. The fourth-order valence-corrected chi connectivity index (χ4v) is 2.12. The zero-order valence-electron chi connectivity index (χ0n) is 11.6. The third kappa shape index (κ3) is 3.04. The minimum Gasteiger partial charge on any atom is -0.344 e. The van der Waals surface area contributed by atoms with Gasteiger partial charge in [-0.15, -0.1) is 6.42 Å². The Balaban J connectivity index is 3.04. The maximum atomic E-state index is 12.5. The van der Waals surface area contributed by atoms with E-state index in [1.54, 1.807) is 4.90 Å². The van der Waals surface area contributed by atoms with Crippen LogP contribution in [0.2, 0.25) is 0 Å². The molecule has 0 aromatic heterocycles. The number of nitrogens with one attached hydrogen (secondary N) is 1. The second-order valence-corrected chi connectivity index (χ2v) is 5.74. The number of carbonyl (C=O) groups is 2. The number of hydrogen-bond donors (Lipinski definition) is 1. The monoisotopic (exact) mass is 250 g/mol. The van der Waals surface area contributed by atoms with Crippen LogP contribution in [0.15, 0.2) is 0 Å². The standard InChI is InChI=1S/C14H22N2O2/c1-6-10(7-2)16-9-8-11(17)15-12(13(16)18)14(3,4)5/h1,10,12H,7-9H2,2-5H3,(H,15,17). The van der Waals surface area contributed by atoms with Crippen LogP contribution in [0.25, 0.3) is 0 Å². The van der Waals surface area contributed by atoms with E-state index in [-0.39, 0.29) is 23.3 Å². The van der Waals surface area contributed by atoms with Crippen LogP contribution in [0.3, 0.4) is 0 Å². The highest BCUT2D eigenvalue weighted by atomic mass is 16.2. The van der Waals surface area contributed by atoms with Gasteiger partial charge in [-0.05, 0) is 11.8 Å². The molecule has 1 fully saturated rings. The summed E-state index contributed by atoms with van der Waals surface area (Å²) in [6, 6.07) is -0.732. The first-order valence-electron chi connectivity index (χ1n) is 6.37. The Bertz CT molecular complexity index is 376. The molecule has 0 aromatic carbocycles. The molecule has 0 aliphatic carbocycles. The summed E-state index contributed by atoms with van der Waals surface area (Å²) in [6.07, 6.45) is 6.48. The number of terminal acetylenes is 1. The van der Waals surface area contributed by atoms with E-state index in [9.17, 15) is 9.59 Å². The quantitative estimate of drug-likeness (QED) is 0.748. The van der Waals surface area contributed by atoms with Gasteiger partial charge < -0.3 is 10.2 Å². The second kappa shape index (κ2) is 5.43. The van der Waals surface area contributed by atoms with Gasteiger partial charge in [0.2, 0.25) is 11.8 Å². The lowest BCUT2D eigenvalue weighted by Gasteiger charge is -2.34. The van der Waals surface area contributed by atoms with Gasteiger partial charge in [0.15, 0.2) is 0 Å². The lowest BCUT2D eigenvalue weighted by molar-refractivity contribution is -0.137. The zero-order chi connectivity index (χ0) is 13.9. The SMILES string of the molecule is C#CC(CC)N1CCC(=O)NC(C(C)(C)C)C1=O. The van der Waals surface area contributed by atoms with Crippen LogP contribution in [0.4, 0.5) is 0 Å². The molecule has 0 spiro atoms. The third-order valence-electron chi connectivity index (χ3n) is 3.24. The average molecular weight is 250 g/mol. The Labute approximate surface area is 109 Å². The number of rotatable bonds is 2. The molecule has 4 nitrogen and oxygen atoms in total. The van der Waals surface area contributed by atoms with Crippen molar-refractivity contribution >= 4 is 11.8 Å². The number of hydrogen-bond acceptors (Lipinski definition) is 2. The molecule has 0 aromatic rings. The van der Waals surface area contributed by atoms with Gasteiger partial charge in [-0.25, -0.2) is 0 Å². The Morgan fingerprint density at radius 2 is 2.11 bits per heavy atom. The van der Waals surface area contributed by atoms with E-state index in [0.717, 1.165) is 0 Å². The van der Waals surface area contributed by atoms with Gasteiger partial charge in [-0.3, -0.25) is 9.59 Å². The Morgan fingerprint density at radius 1 is 1.50 bits per heavy atom. The molecule has 1 aliphatic rings. The predicted molar refractivity (Wildman–Crippen MR) is 70.6 cm³/mol. The van der Waals surface area contributed by atoms with E-state index in [2.05, 4.69) is 11.2 Å². The van der Waals surface area contributed by atoms with Crippen molar-refractivity contribution in [2.45, 2.75) is 52.6 Å². The van der Waals surface area contributed by atoms with Crippen LogP contribution in [0.5, 0.6) is 0 Å². The van der Waals surface area contributed by atoms with Crippen molar-refractivity contribution in [1.29, 1.82) is 0 Å². The Hall–Kier alpha value is -1.50. The molecular formula is C14H22N2O2. The van der Waals surface area contributed by atoms with Gasteiger partial charge in [-0.1, -0.05) is 33.6 Å². The summed E-state index contributed by atoms with van der Waals surface area (Å²) in [5.41, 5.74) is -0.317. The molecule has 0 saturated carbocycles. The highest BCUT2D eigenvalue weighted by Gasteiger charge is 2.39. The summed E-state index contributed by atoms with van der Waals surface area (Å²) < 4.78 is 0. The van der Waals surface area contributed by atoms with Crippen molar-refractivity contribution in [3.8, 4) is 12.3 Å². The molecule has 1 aliphatic heterocycles. The summed E-state index contributed by atoms with van der Waals surface area (Å²) in [7, 11) is 0. The third-order valence-corrected chi connectivity index (χ3v) is 3.24. The van der Waals surface area contributed by atoms with E-state index in [0.29, 0.717) is 19.4 Å². The predicted octanol–water partition coefficient (Wildman–Crippen LogP) is 1.16. The van der Waals surface area contributed by atoms with Crippen LogP contribution >= 0.6 is 0 Å². The van der Waals surface area contributed by atoms with Gasteiger partial charge in [0, 0.05) is 13.0 Å². The van der Waals surface area contributed by atoms with Crippen molar-refractivity contribution in [1.82, 2.24) is 10.2 Å². The lowest BCUT2D eigenvalue weighted by atomic mass is 9.85. The largest absolute Gasteiger partial charge is 0.344 e. The number of amides is 2. The minimum atomic E-state index is -0.505. The van der Waals surface area contributed by atoms with Gasteiger partial charge in [-0.2, -0.15) is 0 Å². The van der Waals surface area contributed by atoms with E-state index in [4.69, 9.17) is 6.42 Å². The van der Waals surface area contributed by atoms with Crippen LogP contribution < -0.4 is 5.32 Å². The Morgan fingerprint density at radius 3 is 2.56 bits per heavy atom. The first-order valence-corrected chi connectivity index (χ1v) is 6.37. The molecular weight excluding hydrogens is 228 g/mol. The fourth-order valence-electron chi connectivity index (χ4n) is 2.12. The van der Waals surface area contributed by atoms with Crippen molar-refractivity contribution in [2.75, 3.05) is 6.54 Å². The molecule has 2 atom stereocenters. The highest BCUT2D eigenvalue weighted by Crippen LogP contribution is 2.24. The molecule has 1 heterocycles. The molecule has 0 bridgehead atoms. The fraction of sp³-hybridized carbons (Fsp3) is 0.714. The first-order chi connectivity index (χ1) is 8.31. The molecule has 2 unspecified atom stereocenters. The summed E-state index contributed by atoms with van der Waals surface area (Å²) >= 11 is 0. The molecule has 1 rings (SSSR count). The van der Waals surface area contributed by atoms with Crippen molar-refractivity contribution in [2.24, 2.45) is 5.41 Å². The average Bonchev–Trinajstić information content (AvgIpc) is 2.42. The lowest BCUT2D eigenvalue weighted by Crippen LogP contribution is -2.53. The van der Waals surface area contributed by atoms with Crippen molar-refractivity contribution in [3.05, 3.63) is 0 Å².